The average molecular weight is 390 g/mol. The molecule has 0 aliphatic carbocycles. The Bertz CT molecular complexity index is 846. The van der Waals surface area contributed by atoms with E-state index in [0.29, 0.717) is 10.9 Å². The van der Waals surface area contributed by atoms with Crippen molar-refractivity contribution in [1.82, 2.24) is 15.2 Å². The van der Waals surface area contributed by atoms with Crippen LogP contribution in [0.3, 0.4) is 0 Å². The zero-order valence-corrected chi connectivity index (χ0v) is 13.8. The van der Waals surface area contributed by atoms with Crippen molar-refractivity contribution in [2.45, 2.75) is 18.4 Å². The molecule has 1 fully saturated rings. The van der Waals surface area contributed by atoms with Gasteiger partial charge >= 0.3 is 0 Å². The Labute approximate surface area is 152 Å². The Morgan fingerprint density at radius 3 is 3.00 bits per heavy atom. The molecule has 1 aliphatic heterocycles. The SMILES string of the molecule is N#C[C@@H]1CC(F)(F)CN1C(=O)CNC(=O)c1c[nH]c2c[c-]ccc12.[Co]. The molecule has 0 spiro atoms. The molecule has 1 aromatic carbocycles. The third kappa shape index (κ3) is 3.80. The largest absolute Gasteiger partial charge is 0.413 e. The smallest absolute Gasteiger partial charge is 0.268 e. The van der Waals surface area contributed by atoms with Crippen LogP contribution >= 0.6 is 0 Å². The van der Waals surface area contributed by atoms with E-state index in [9.17, 15) is 18.4 Å². The van der Waals surface area contributed by atoms with Crippen LogP contribution in [0.15, 0.2) is 24.4 Å². The molecule has 1 aromatic heterocycles. The van der Waals surface area contributed by atoms with E-state index >= 15 is 0 Å². The minimum atomic E-state index is -3.08. The molecular weight excluding hydrogens is 377 g/mol. The summed E-state index contributed by atoms with van der Waals surface area (Å²) in [6.45, 7) is -1.25. The van der Waals surface area contributed by atoms with E-state index in [4.69, 9.17) is 5.26 Å². The zero-order chi connectivity index (χ0) is 17.3. The van der Waals surface area contributed by atoms with Crippen LogP contribution in [0.2, 0.25) is 0 Å². The number of amides is 2. The Balaban J connectivity index is 0.00000225. The van der Waals surface area contributed by atoms with Gasteiger partial charge in [0.15, 0.2) is 0 Å². The van der Waals surface area contributed by atoms with Crippen LogP contribution in [0.1, 0.15) is 16.8 Å². The minimum Gasteiger partial charge on any atom is -0.413 e. The molecule has 0 bridgehead atoms. The molecule has 2 N–H and O–H groups in total. The van der Waals surface area contributed by atoms with Gasteiger partial charge in [0.1, 0.15) is 6.04 Å². The van der Waals surface area contributed by atoms with Gasteiger partial charge in [0.05, 0.1) is 19.2 Å². The van der Waals surface area contributed by atoms with E-state index in [1.807, 2.05) is 0 Å². The summed E-state index contributed by atoms with van der Waals surface area (Å²) in [7, 11) is 0. The second-order valence-corrected chi connectivity index (χ2v) is 5.58. The van der Waals surface area contributed by atoms with Gasteiger partial charge < -0.3 is 15.2 Å². The number of halogens is 2. The standard InChI is InChI=1S/C16H13F2N4O2.Co/c17-16(18)5-10(6-19)22(9-16)14(23)8-21-15(24)12-7-20-13-4-2-1-3-11(12)13;/h1,3-4,7,10,20H,5,8-9H2,(H,21,24);/q-1;/t10-;/m0./s1. The number of nitriles is 1. The third-order valence-corrected chi connectivity index (χ3v) is 3.91. The number of carbonyl (C=O) groups excluding carboxylic acids is 2. The Kier molecular flexibility index (Phi) is 5.44. The van der Waals surface area contributed by atoms with Gasteiger partial charge in [-0.1, -0.05) is 10.9 Å². The number of benzene rings is 1. The monoisotopic (exact) mass is 390 g/mol. The molecule has 9 heteroatoms. The third-order valence-electron chi connectivity index (χ3n) is 3.91. The van der Waals surface area contributed by atoms with Crippen molar-refractivity contribution in [2.75, 3.05) is 13.1 Å². The van der Waals surface area contributed by atoms with Crippen molar-refractivity contribution < 1.29 is 35.1 Å². The van der Waals surface area contributed by atoms with E-state index in [1.165, 1.54) is 6.20 Å². The van der Waals surface area contributed by atoms with Crippen LogP contribution in [0.5, 0.6) is 0 Å². The predicted octanol–water partition coefficient (Wildman–Crippen LogP) is 1.46. The van der Waals surface area contributed by atoms with Crippen molar-refractivity contribution in [3.8, 4) is 6.07 Å². The number of hydrogen-bond donors (Lipinski definition) is 2. The first-order valence-corrected chi connectivity index (χ1v) is 7.23. The number of aromatic nitrogens is 1. The number of nitrogens with zero attached hydrogens (tertiary/aromatic N) is 2. The second-order valence-electron chi connectivity index (χ2n) is 5.58. The molecule has 1 saturated heterocycles. The first kappa shape index (κ1) is 18.9. The predicted molar refractivity (Wildman–Crippen MR) is 80.1 cm³/mol. The number of fused-ring (bicyclic) bond motifs is 1. The first-order valence-electron chi connectivity index (χ1n) is 7.23. The van der Waals surface area contributed by atoms with Gasteiger partial charge in [0.2, 0.25) is 5.91 Å². The maximum atomic E-state index is 13.3. The average Bonchev–Trinajstić information content (AvgIpc) is 3.12. The minimum absolute atomic E-state index is 0. The van der Waals surface area contributed by atoms with Gasteiger partial charge in [-0.3, -0.25) is 9.59 Å². The maximum absolute atomic E-state index is 13.3. The molecule has 1 aliphatic rings. The molecule has 1 radical (unpaired) electrons. The number of H-pyrrole nitrogens is 1. The summed E-state index contributed by atoms with van der Waals surface area (Å²) in [6.07, 6.45) is 0.822. The summed E-state index contributed by atoms with van der Waals surface area (Å²) < 4.78 is 26.7. The van der Waals surface area contributed by atoms with Crippen LogP contribution in [-0.4, -0.2) is 46.8 Å². The summed E-state index contributed by atoms with van der Waals surface area (Å²) in [5.74, 6) is -4.28. The number of carbonyl (C=O) groups is 2. The fourth-order valence-electron chi connectivity index (χ4n) is 2.75. The summed E-state index contributed by atoms with van der Waals surface area (Å²) in [5, 5.41) is 12.0. The van der Waals surface area contributed by atoms with Gasteiger partial charge in [-0.25, -0.2) is 8.78 Å². The molecule has 133 valence electrons. The van der Waals surface area contributed by atoms with Crippen molar-refractivity contribution in [3.05, 3.63) is 36.0 Å². The van der Waals surface area contributed by atoms with Crippen LogP contribution in [0.25, 0.3) is 10.9 Å². The Morgan fingerprint density at radius 2 is 2.28 bits per heavy atom. The summed E-state index contributed by atoms with van der Waals surface area (Å²) >= 11 is 0. The maximum Gasteiger partial charge on any atom is 0.268 e. The number of alkyl halides is 2. The first-order chi connectivity index (χ1) is 11.4. The number of aromatic amines is 1. The van der Waals surface area contributed by atoms with Crippen LogP contribution in [0, 0.1) is 17.4 Å². The van der Waals surface area contributed by atoms with Crippen molar-refractivity contribution in [3.63, 3.8) is 0 Å². The normalized spacial score (nSPS) is 18.4. The van der Waals surface area contributed by atoms with E-state index < -0.39 is 43.3 Å². The van der Waals surface area contributed by atoms with Crippen LogP contribution in [0.4, 0.5) is 8.78 Å². The fourth-order valence-corrected chi connectivity index (χ4v) is 2.75. The van der Waals surface area contributed by atoms with E-state index in [-0.39, 0.29) is 16.8 Å². The van der Waals surface area contributed by atoms with Crippen molar-refractivity contribution in [1.29, 1.82) is 5.26 Å². The quantitative estimate of drug-likeness (QED) is 0.778. The number of hydrogen-bond acceptors (Lipinski definition) is 3. The van der Waals surface area contributed by atoms with E-state index in [0.717, 1.165) is 10.4 Å². The van der Waals surface area contributed by atoms with E-state index in [2.05, 4.69) is 16.4 Å². The van der Waals surface area contributed by atoms with Crippen molar-refractivity contribution >= 4 is 22.7 Å². The molecule has 2 heterocycles. The Hall–Kier alpha value is -2.44. The molecule has 25 heavy (non-hydrogen) atoms. The number of likely N-dealkylation sites (tertiary alicyclic amines) is 1. The summed E-state index contributed by atoms with van der Waals surface area (Å²) in [4.78, 5) is 28.0. The van der Waals surface area contributed by atoms with Gasteiger partial charge in [-0.2, -0.15) is 29.5 Å². The molecule has 3 rings (SSSR count). The van der Waals surface area contributed by atoms with Gasteiger partial charge in [-0.05, 0) is 0 Å². The van der Waals surface area contributed by atoms with Gasteiger partial charge in [-0.15, -0.1) is 0 Å². The van der Waals surface area contributed by atoms with Gasteiger partial charge in [0, 0.05) is 35.0 Å². The molecule has 0 unspecified atom stereocenters. The summed E-state index contributed by atoms with van der Waals surface area (Å²) in [6, 6.07) is 8.43. The van der Waals surface area contributed by atoms with Crippen molar-refractivity contribution in [2.24, 2.45) is 0 Å². The second kappa shape index (κ2) is 7.21. The number of nitrogens with one attached hydrogen (secondary N) is 2. The topological polar surface area (TPSA) is 89.0 Å². The fraction of sp³-hybridized carbons (Fsp3) is 0.312. The molecule has 2 aromatic rings. The number of rotatable bonds is 3. The zero-order valence-electron chi connectivity index (χ0n) is 12.8. The van der Waals surface area contributed by atoms with Gasteiger partial charge in [0.25, 0.3) is 11.8 Å². The van der Waals surface area contributed by atoms with E-state index in [1.54, 1.807) is 24.3 Å². The summed E-state index contributed by atoms with van der Waals surface area (Å²) in [5.41, 5.74) is 1.06. The van der Waals surface area contributed by atoms with Crippen LogP contribution < -0.4 is 5.32 Å². The molecule has 0 saturated carbocycles. The van der Waals surface area contributed by atoms with Crippen LogP contribution in [-0.2, 0) is 21.6 Å². The molecule has 1 atom stereocenters. The Morgan fingerprint density at radius 1 is 1.52 bits per heavy atom. The molecule has 6 nitrogen and oxygen atoms in total. The molecule has 2 amide bonds. The molecular formula is C16H13CoF2N4O2-.